The number of hydrogen-bond donors (Lipinski definition) is 3. The number of fused-ring (bicyclic) bond motifs is 1. The summed E-state index contributed by atoms with van der Waals surface area (Å²) in [6.07, 6.45) is 1.40. The number of carbonyl (C=O) groups excluding carboxylic acids is 1. The minimum Gasteiger partial charge on any atom is -0.595 e. The van der Waals surface area contributed by atoms with Gasteiger partial charge >= 0.3 is 6.03 Å². The SMILES string of the molecule is COc1ncnc2sc(NC(=O)N3CCN(Cc4cccc([NH+]([O-])O)c4)CC3)nc12. The Hall–Kier alpha value is -2.90. The van der Waals surface area contributed by atoms with Gasteiger partial charge in [0.25, 0.3) is 0 Å². The number of nitrogens with zero attached hydrogens (tertiary/aromatic N) is 5. The monoisotopic (exact) mass is 431 g/mol. The summed E-state index contributed by atoms with van der Waals surface area (Å²) in [7, 11) is 1.51. The summed E-state index contributed by atoms with van der Waals surface area (Å²) in [5, 5.41) is 22.6. The number of carbonyl (C=O) groups is 1. The van der Waals surface area contributed by atoms with Crippen LogP contribution >= 0.6 is 11.3 Å². The largest absolute Gasteiger partial charge is 0.595 e. The van der Waals surface area contributed by atoms with Crippen molar-refractivity contribution < 1.29 is 20.0 Å². The molecule has 3 N–H and O–H groups in total. The molecule has 0 aliphatic carbocycles. The van der Waals surface area contributed by atoms with Crippen molar-refractivity contribution in [2.24, 2.45) is 0 Å². The Balaban J connectivity index is 1.33. The van der Waals surface area contributed by atoms with Crippen LogP contribution in [0.15, 0.2) is 30.6 Å². The second-order valence-electron chi connectivity index (χ2n) is 6.75. The molecule has 1 aliphatic rings. The highest BCUT2D eigenvalue weighted by molar-refractivity contribution is 7.22. The summed E-state index contributed by atoms with van der Waals surface area (Å²) in [6.45, 7) is 3.18. The van der Waals surface area contributed by atoms with E-state index in [0.717, 1.165) is 5.56 Å². The molecule has 3 aromatic rings. The Morgan fingerprint density at radius 1 is 1.33 bits per heavy atom. The van der Waals surface area contributed by atoms with Gasteiger partial charge in [-0.15, -0.1) is 0 Å². The number of amides is 2. The predicted molar refractivity (Wildman–Crippen MR) is 110 cm³/mol. The molecule has 1 aromatic carbocycles. The molecule has 1 aliphatic heterocycles. The summed E-state index contributed by atoms with van der Waals surface area (Å²) in [5.41, 5.74) is 1.74. The number of piperazine rings is 1. The van der Waals surface area contributed by atoms with Crippen molar-refractivity contribution in [3.8, 4) is 5.88 Å². The van der Waals surface area contributed by atoms with Crippen molar-refractivity contribution in [1.82, 2.24) is 24.8 Å². The number of aromatic nitrogens is 3. The van der Waals surface area contributed by atoms with Crippen LogP contribution in [0.3, 0.4) is 0 Å². The number of quaternary nitrogens is 1. The van der Waals surface area contributed by atoms with Crippen LogP contribution in [0.5, 0.6) is 5.88 Å². The maximum Gasteiger partial charge on any atom is 0.323 e. The highest BCUT2D eigenvalue weighted by atomic mass is 32.1. The van der Waals surface area contributed by atoms with Crippen LogP contribution in [0.4, 0.5) is 15.6 Å². The van der Waals surface area contributed by atoms with Gasteiger partial charge in [0.05, 0.1) is 7.11 Å². The molecule has 1 saturated heterocycles. The van der Waals surface area contributed by atoms with Gasteiger partial charge in [0.1, 0.15) is 6.33 Å². The molecule has 3 heterocycles. The molecular formula is C18H21N7O4S. The Morgan fingerprint density at radius 3 is 2.87 bits per heavy atom. The zero-order valence-electron chi connectivity index (χ0n) is 16.2. The van der Waals surface area contributed by atoms with Crippen LogP contribution in [0.1, 0.15) is 5.56 Å². The van der Waals surface area contributed by atoms with Crippen LogP contribution in [-0.2, 0) is 6.54 Å². The second kappa shape index (κ2) is 8.85. The lowest BCUT2D eigenvalue weighted by Crippen LogP contribution is -2.99. The maximum atomic E-state index is 12.6. The lowest BCUT2D eigenvalue weighted by Gasteiger charge is -2.34. The second-order valence-corrected chi connectivity index (χ2v) is 7.73. The van der Waals surface area contributed by atoms with E-state index in [1.807, 2.05) is 6.07 Å². The van der Waals surface area contributed by atoms with Gasteiger partial charge in [-0.3, -0.25) is 10.2 Å². The van der Waals surface area contributed by atoms with E-state index in [4.69, 9.17) is 9.94 Å². The van der Waals surface area contributed by atoms with Crippen LogP contribution in [0.2, 0.25) is 0 Å². The fraction of sp³-hybridized carbons (Fsp3) is 0.333. The molecule has 11 nitrogen and oxygen atoms in total. The fourth-order valence-electron chi connectivity index (χ4n) is 3.28. The average Bonchev–Trinajstić information content (AvgIpc) is 3.16. The molecule has 0 bridgehead atoms. The van der Waals surface area contributed by atoms with Crippen LogP contribution in [0.25, 0.3) is 10.3 Å². The van der Waals surface area contributed by atoms with Gasteiger partial charge in [-0.1, -0.05) is 23.5 Å². The molecule has 0 saturated carbocycles. The maximum absolute atomic E-state index is 12.6. The average molecular weight is 431 g/mol. The van der Waals surface area contributed by atoms with E-state index in [0.29, 0.717) is 54.1 Å². The van der Waals surface area contributed by atoms with Gasteiger partial charge in [0, 0.05) is 44.9 Å². The number of methoxy groups -OCH3 is 1. The minimum atomic E-state index is -0.934. The standard InChI is InChI=1S/C18H21N7O4S/c1-29-15-14-16(20-11-19-15)30-17(21-14)22-18(26)24-7-5-23(6-8-24)10-12-3-2-4-13(9-12)25(27)28/h2-4,9,11,25,27H,5-8,10H2,1H3,(H,21,22,26). The molecule has 30 heavy (non-hydrogen) atoms. The summed E-state index contributed by atoms with van der Waals surface area (Å²) in [5.74, 6) is 0.373. The molecular weight excluding hydrogens is 410 g/mol. The van der Waals surface area contributed by atoms with E-state index >= 15 is 0 Å². The highest BCUT2D eigenvalue weighted by Gasteiger charge is 2.22. The van der Waals surface area contributed by atoms with Crippen molar-refractivity contribution in [3.05, 3.63) is 41.4 Å². The Morgan fingerprint density at radius 2 is 2.13 bits per heavy atom. The summed E-state index contributed by atoms with van der Waals surface area (Å²) in [4.78, 5) is 29.7. The quantitative estimate of drug-likeness (QED) is 0.507. The normalized spacial score (nSPS) is 15.9. The van der Waals surface area contributed by atoms with Crippen molar-refractivity contribution in [3.63, 3.8) is 0 Å². The van der Waals surface area contributed by atoms with Gasteiger partial charge in [0.2, 0.25) is 5.88 Å². The van der Waals surface area contributed by atoms with Crippen LogP contribution in [0, 0.1) is 5.21 Å². The van der Waals surface area contributed by atoms with Gasteiger partial charge < -0.3 is 14.8 Å². The lowest BCUT2D eigenvalue weighted by molar-refractivity contribution is -0.991. The number of anilines is 1. The van der Waals surface area contributed by atoms with Gasteiger partial charge in [0.15, 0.2) is 21.2 Å². The molecule has 4 rings (SSSR count). The molecule has 158 valence electrons. The molecule has 2 amide bonds. The van der Waals surface area contributed by atoms with E-state index < -0.39 is 5.23 Å². The van der Waals surface area contributed by atoms with Crippen molar-refractivity contribution >= 4 is 38.5 Å². The van der Waals surface area contributed by atoms with E-state index in [-0.39, 0.29) is 11.7 Å². The van der Waals surface area contributed by atoms with Crippen molar-refractivity contribution in [2.45, 2.75) is 6.54 Å². The minimum absolute atomic E-state index is 0.214. The molecule has 1 unspecified atom stereocenters. The number of urea groups is 1. The van der Waals surface area contributed by atoms with E-state index in [1.165, 1.54) is 24.8 Å². The first-order valence-electron chi connectivity index (χ1n) is 9.29. The molecule has 0 radical (unpaired) electrons. The number of rotatable bonds is 5. The first-order chi connectivity index (χ1) is 14.5. The predicted octanol–water partition coefficient (Wildman–Crippen LogP) is 0.848. The number of benzene rings is 1. The van der Waals surface area contributed by atoms with Crippen LogP contribution < -0.4 is 15.3 Å². The fourth-order valence-corrected chi connectivity index (χ4v) is 4.07. The summed E-state index contributed by atoms with van der Waals surface area (Å²) < 4.78 is 5.18. The summed E-state index contributed by atoms with van der Waals surface area (Å²) >= 11 is 1.27. The van der Waals surface area contributed by atoms with E-state index in [1.54, 1.807) is 23.1 Å². The first-order valence-corrected chi connectivity index (χ1v) is 10.1. The number of hydrogen-bond acceptors (Lipinski definition) is 9. The molecule has 0 spiro atoms. The molecule has 12 heteroatoms. The Bertz CT molecular complexity index is 1040. The van der Waals surface area contributed by atoms with E-state index in [2.05, 4.69) is 25.2 Å². The third-order valence-electron chi connectivity index (χ3n) is 4.81. The number of thiazole rings is 1. The van der Waals surface area contributed by atoms with Crippen molar-refractivity contribution in [1.29, 1.82) is 0 Å². The van der Waals surface area contributed by atoms with Gasteiger partial charge in [-0.05, 0) is 5.56 Å². The zero-order chi connectivity index (χ0) is 21.1. The third kappa shape index (κ3) is 4.47. The van der Waals surface area contributed by atoms with Crippen molar-refractivity contribution in [2.75, 3.05) is 38.6 Å². The zero-order valence-corrected chi connectivity index (χ0v) is 17.1. The molecule has 2 aromatic heterocycles. The Kier molecular flexibility index (Phi) is 6.01. The number of ether oxygens (including phenoxy) is 1. The van der Waals surface area contributed by atoms with E-state index in [9.17, 15) is 10.0 Å². The summed E-state index contributed by atoms with van der Waals surface area (Å²) in [6, 6.07) is 6.71. The van der Waals surface area contributed by atoms with Crippen LogP contribution in [-0.4, -0.2) is 69.3 Å². The third-order valence-corrected chi connectivity index (χ3v) is 5.69. The topological polar surface area (TPSA) is 131 Å². The highest BCUT2D eigenvalue weighted by Crippen LogP contribution is 2.29. The smallest absolute Gasteiger partial charge is 0.323 e. The molecule has 1 fully saturated rings. The molecule has 1 atom stereocenters. The van der Waals surface area contributed by atoms with Gasteiger partial charge in [-0.2, -0.15) is 10.2 Å². The Labute approximate surface area is 176 Å². The lowest BCUT2D eigenvalue weighted by atomic mass is 10.2. The number of nitrogens with one attached hydrogen (secondary N) is 2. The van der Waals surface area contributed by atoms with Gasteiger partial charge in [-0.25, -0.2) is 20.0 Å². The first kappa shape index (κ1) is 20.4.